The molecule has 0 aliphatic rings. The summed E-state index contributed by atoms with van der Waals surface area (Å²) in [4.78, 5) is 11.6. The minimum Gasteiger partial charge on any atom is -0.396 e. The smallest absolute Gasteiger partial charge is 0.163 e. The zero-order valence-electron chi connectivity index (χ0n) is 10.6. The number of Topliss-reactive ketones (excluding diaryl/α,β-unsaturated/α-hetero) is 1. The molecule has 18 heavy (non-hydrogen) atoms. The number of ketones is 1. The van der Waals surface area contributed by atoms with E-state index in [1.165, 1.54) is 6.92 Å². The minimum absolute atomic E-state index is 0.0288. The number of rotatable bonds is 2. The van der Waals surface area contributed by atoms with E-state index in [1.54, 1.807) is 0 Å². The van der Waals surface area contributed by atoms with Crippen molar-refractivity contribution in [3.63, 3.8) is 0 Å². The second kappa shape index (κ2) is 4.50. The maximum absolute atomic E-state index is 11.6. The molecular formula is C14H15ClN2O. The fourth-order valence-electron chi connectivity index (χ4n) is 2.25. The first-order valence-corrected chi connectivity index (χ1v) is 6.03. The van der Waals surface area contributed by atoms with Gasteiger partial charge in [-0.1, -0.05) is 29.8 Å². The summed E-state index contributed by atoms with van der Waals surface area (Å²) >= 11 is 6.19. The van der Waals surface area contributed by atoms with Crippen molar-refractivity contribution < 1.29 is 4.79 Å². The van der Waals surface area contributed by atoms with Gasteiger partial charge in [-0.2, -0.15) is 0 Å². The van der Waals surface area contributed by atoms with Gasteiger partial charge in [0.15, 0.2) is 5.78 Å². The van der Waals surface area contributed by atoms with Crippen LogP contribution in [0.25, 0.3) is 11.3 Å². The van der Waals surface area contributed by atoms with Crippen molar-refractivity contribution in [1.29, 1.82) is 0 Å². The van der Waals surface area contributed by atoms with Crippen LogP contribution in [0.4, 0.5) is 5.69 Å². The summed E-state index contributed by atoms with van der Waals surface area (Å²) in [5.41, 5.74) is 9.67. The number of hydrogen-bond donors (Lipinski definition) is 1. The molecule has 0 amide bonds. The van der Waals surface area contributed by atoms with Crippen LogP contribution in [0, 0.1) is 6.92 Å². The predicted octanol–water partition coefficient (Wildman–Crippen LogP) is 3.44. The Bertz CT molecular complexity index is 629. The molecule has 0 atom stereocenters. The highest BCUT2D eigenvalue weighted by molar-refractivity contribution is 6.33. The summed E-state index contributed by atoms with van der Waals surface area (Å²) in [5, 5.41) is 0.625. The van der Waals surface area contributed by atoms with Crippen LogP contribution in [0.1, 0.15) is 23.0 Å². The van der Waals surface area contributed by atoms with E-state index in [1.807, 2.05) is 42.8 Å². The summed E-state index contributed by atoms with van der Waals surface area (Å²) in [5.74, 6) is -0.0288. The standard InChI is InChI=1S/C14H15ClN2O/c1-8-12(9(2)18)13(16)14(17(8)3)10-6-4-5-7-11(10)15/h4-7H,16H2,1-3H3. The van der Waals surface area contributed by atoms with E-state index in [0.717, 1.165) is 17.0 Å². The molecule has 0 spiro atoms. The molecule has 2 N–H and O–H groups in total. The highest BCUT2D eigenvalue weighted by Gasteiger charge is 2.21. The van der Waals surface area contributed by atoms with Crippen molar-refractivity contribution in [3.05, 3.63) is 40.5 Å². The number of nitrogens with two attached hydrogens (primary N) is 1. The van der Waals surface area contributed by atoms with Crippen LogP contribution in [0.15, 0.2) is 24.3 Å². The van der Waals surface area contributed by atoms with Gasteiger partial charge in [-0.05, 0) is 19.9 Å². The first kappa shape index (κ1) is 12.7. The van der Waals surface area contributed by atoms with Gasteiger partial charge >= 0.3 is 0 Å². The van der Waals surface area contributed by atoms with E-state index in [2.05, 4.69) is 0 Å². The van der Waals surface area contributed by atoms with Crippen molar-refractivity contribution in [2.24, 2.45) is 7.05 Å². The molecular weight excluding hydrogens is 248 g/mol. The highest BCUT2D eigenvalue weighted by Crippen LogP contribution is 2.36. The minimum atomic E-state index is -0.0288. The van der Waals surface area contributed by atoms with Gasteiger partial charge in [0.05, 0.1) is 16.9 Å². The number of nitrogen functional groups attached to an aromatic ring is 1. The van der Waals surface area contributed by atoms with Crippen molar-refractivity contribution in [2.75, 3.05) is 5.73 Å². The lowest BCUT2D eigenvalue weighted by molar-refractivity contribution is 0.101. The van der Waals surface area contributed by atoms with Gasteiger partial charge in [-0.25, -0.2) is 0 Å². The number of anilines is 1. The lowest BCUT2D eigenvalue weighted by Gasteiger charge is -2.08. The zero-order chi connectivity index (χ0) is 13.4. The topological polar surface area (TPSA) is 48.0 Å². The predicted molar refractivity (Wildman–Crippen MR) is 75.0 cm³/mol. The maximum atomic E-state index is 11.6. The average Bonchev–Trinajstić information content (AvgIpc) is 2.52. The lowest BCUT2D eigenvalue weighted by atomic mass is 10.1. The van der Waals surface area contributed by atoms with Gasteiger partial charge in [0.2, 0.25) is 0 Å². The second-order valence-corrected chi connectivity index (χ2v) is 4.72. The number of benzene rings is 1. The summed E-state index contributed by atoms with van der Waals surface area (Å²) < 4.78 is 1.91. The van der Waals surface area contributed by atoms with Gasteiger partial charge in [0, 0.05) is 23.3 Å². The van der Waals surface area contributed by atoms with Crippen LogP contribution in [-0.4, -0.2) is 10.4 Å². The zero-order valence-corrected chi connectivity index (χ0v) is 11.4. The summed E-state index contributed by atoms with van der Waals surface area (Å²) in [6.07, 6.45) is 0. The molecule has 0 aliphatic heterocycles. The van der Waals surface area contributed by atoms with Gasteiger partial charge in [-0.15, -0.1) is 0 Å². The highest BCUT2D eigenvalue weighted by atomic mass is 35.5. The number of nitrogens with zero attached hydrogens (tertiary/aromatic N) is 1. The molecule has 2 rings (SSSR count). The molecule has 94 valence electrons. The van der Waals surface area contributed by atoms with Crippen LogP contribution in [0.5, 0.6) is 0 Å². The van der Waals surface area contributed by atoms with Crippen molar-refractivity contribution >= 4 is 23.1 Å². The summed E-state index contributed by atoms with van der Waals surface area (Å²) in [6, 6.07) is 7.48. The second-order valence-electron chi connectivity index (χ2n) is 4.32. The third kappa shape index (κ3) is 1.81. The fourth-order valence-corrected chi connectivity index (χ4v) is 2.48. The third-order valence-corrected chi connectivity index (χ3v) is 3.54. The normalized spacial score (nSPS) is 10.7. The van der Waals surface area contributed by atoms with Crippen molar-refractivity contribution in [1.82, 2.24) is 4.57 Å². The first-order chi connectivity index (χ1) is 8.45. The van der Waals surface area contributed by atoms with Gasteiger partial charge < -0.3 is 10.3 Å². The Morgan fingerprint density at radius 1 is 1.33 bits per heavy atom. The lowest BCUT2D eigenvalue weighted by Crippen LogP contribution is -1.98. The molecule has 0 fully saturated rings. The SMILES string of the molecule is CC(=O)c1c(N)c(-c2ccccc2Cl)n(C)c1C. The Kier molecular flexibility index (Phi) is 3.18. The van der Waals surface area contributed by atoms with Crippen LogP contribution in [0.3, 0.4) is 0 Å². The van der Waals surface area contributed by atoms with E-state index in [4.69, 9.17) is 17.3 Å². The molecule has 0 aliphatic carbocycles. The molecule has 3 nitrogen and oxygen atoms in total. The average molecular weight is 263 g/mol. The van der Waals surface area contributed by atoms with E-state index >= 15 is 0 Å². The van der Waals surface area contributed by atoms with Gasteiger partial charge in [0.1, 0.15) is 0 Å². The Hall–Kier alpha value is -1.74. The molecule has 4 heteroatoms. The molecule has 0 saturated heterocycles. The van der Waals surface area contributed by atoms with Gasteiger partial charge in [-0.3, -0.25) is 4.79 Å². The van der Waals surface area contributed by atoms with Crippen LogP contribution in [0.2, 0.25) is 5.02 Å². The first-order valence-electron chi connectivity index (χ1n) is 5.65. The van der Waals surface area contributed by atoms with E-state index in [0.29, 0.717) is 16.3 Å². The molecule has 2 aromatic rings. The number of aromatic nitrogens is 1. The summed E-state index contributed by atoms with van der Waals surface area (Å²) in [7, 11) is 1.89. The van der Waals surface area contributed by atoms with E-state index in [-0.39, 0.29) is 5.78 Å². The number of carbonyl (C=O) groups is 1. The third-order valence-electron chi connectivity index (χ3n) is 3.21. The van der Waals surface area contributed by atoms with E-state index in [9.17, 15) is 4.79 Å². The fraction of sp³-hybridized carbons (Fsp3) is 0.214. The van der Waals surface area contributed by atoms with Gasteiger partial charge in [0.25, 0.3) is 0 Å². The van der Waals surface area contributed by atoms with Crippen molar-refractivity contribution in [2.45, 2.75) is 13.8 Å². The van der Waals surface area contributed by atoms with E-state index < -0.39 is 0 Å². The van der Waals surface area contributed by atoms with Crippen LogP contribution >= 0.6 is 11.6 Å². The number of halogens is 1. The number of carbonyl (C=O) groups excluding carboxylic acids is 1. The van der Waals surface area contributed by atoms with Crippen LogP contribution in [-0.2, 0) is 7.05 Å². The maximum Gasteiger partial charge on any atom is 0.163 e. The molecule has 0 saturated carbocycles. The quantitative estimate of drug-likeness (QED) is 0.843. The molecule has 1 aromatic carbocycles. The molecule has 0 radical (unpaired) electrons. The van der Waals surface area contributed by atoms with Crippen molar-refractivity contribution in [3.8, 4) is 11.3 Å². The summed E-state index contributed by atoms with van der Waals surface area (Å²) in [6.45, 7) is 3.41. The number of hydrogen-bond acceptors (Lipinski definition) is 2. The monoisotopic (exact) mass is 262 g/mol. The Balaban J connectivity index is 2.78. The molecule has 0 bridgehead atoms. The Morgan fingerprint density at radius 3 is 2.44 bits per heavy atom. The van der Waals surface area contributed by atoms with Crippen LogP contribution < -0.4 is 5.73 Å². The molecule has 1 aromatic heterocycles. The molecule has 1 heterocycles. The Labute approximate surface area is 111 Å². The Morgan fingerprint density at radius 2 is 1.94 bits per heavy atom. The molecule has 0 unspecified atom stereocenters. The largest absolute Gasteiger partial charge is 0.396 e.